The SMILES string of the molecule is BC1CSC(CO)O1. The third kappa shape index (κ3) is 1.40. The number of hydrogen-bond donors (Lipinski definition) is 1. The largest absolute Gasteiger partial charge is 0.393 e. The number of thioether (sulfide) groups is 1. The van der Waals surface area contributed by atoms with Gasteiger partial charge in [-0.15, -0.1) is 11.8 Å². The normalized spacial score (nSPS) is 38.1. The molecule has 1 aliphatic rings. The van der Waals surface area contributed by atoms with E-state index in [1.807, 2.05) is 7.85 Å². The van der Waals surface area contributed by atoms with Crippen molar-refractivity contribution in [1.82, 2.24) is 0 Å². The molecule has 1 heterocycles. The molecule has 0 amide bonds. The van der Waals surface area contributed by atoms with Crippen molar-refractivity contribution >= 4 is 19.6 Å². The minimum Gasteiger partial charge on any atom is -0.393 e. The van der Waals surface area contributed by atoms with E-state index in [0.29, 0.717) is 6.00 Å². The van der Waals surface area contributed by atoms with Crippen molar-refractivity contribution < 1.29 is 9.84 Å². The van der Waals surface area contributed by atoms with Crippen LogP contribution in [0, 0.1) is 0 Å². The quantitative estimate of drug-likeness (QED) is 0.465. The van der Waals surface area contributed by atoms with E-state index in [1.54, 1.807) is 11.8 Å². The first kappa shape index (κ1) is 6.45. The molecular formula is C4H9BO2S. The fraction of sp³-hybridized carbons (Fsp3) is 1.00. The predicted octanol–water partition coefficient (Wildman–Crippen LogP) is -0.973. The lowest BCUT2D eigenvalue weighted by Gasteiger charge is -2.03. The standard InChI is InChI=1S/C4H9BO2S/c5-3-2-8-4(1-6)7-3/h3-4,6H,1-2,5H2. The van der Waals surface area contributed by atoms with Crippen LogP contribution in [-0.4, -0.2) is 36.8 Å². The van der Waals surface area contributed by atoms with E-state index in [1.165, 1.54) is 0 Å². The molecule has 0 spiro atoms. The lowest BCUT2D eigenvalue weighted by atomic mass is 10.0. The van der Waals surface area contributed by atoms with Gasteiger partial charge >= 0.3 is 0 Å². The maximum Gasteiger partial charge on any atom is 0.140 e. The van der Waals surface area contributed by atoms with Crippen molar-refractivity contribution in [3.8, 4) is 0 Å². The van der Waals surface area contributed by atoms with Gasteiger partial charge in [0.25, 0.3) is 0 Å². The van der Waals surface area contributed by atoms with Gasteiger partial charge in [-0.3, -0.25) is 0 Å². The highest BCUT2D eigenvalue weighted by Crippen LogP contribution is 2.22. The molecule has 2 unspecified atom stereocenters. The second-order valence-corrected chi connectivity index (χ2v) is 3.08. The average molecular weight is 132 g/mol. The first-order valence-corrected chi connectivity index (χ1v) is 3.75. The van der Waals surface area contributed by atoms with Gasteiger partial charge in [-0.2, -0.15) is 0 Å². The molecule has 1 fully saturated rings. The van der Waals surface area contributed by atoms with Crippen molar-refractivity contribution in [1.29, 1.82) is 0 Å². The van der Waals surface area contributed by atoms with Crippen LogP contribution >= 0.6 is 11.8 Å². The summed E-state index contributed by atoms with van der Waals surface area (Å²) in [5.41, 5.74) is 0.0463. The molecule has 0 aromatic rings. The Morgan fingerprint density at radius 1 is 1.88 bits per heavy atom. The summed E-state index contributed by atoms with van der Waals surface area (Å²) >= 11 is 1.68. The Labute approximate surface area is 54.0 Å². The van der Waals surface area contributed by atoms with Gasteiger partial charge in [0.2, 0.25) is 0 Å². The molecule has 2 atom stereocenters. The average Bonchev–Trinajstić information content (AvgIpc) is 2.14. The highest BCUT2D eigenvalue weighted by molar-refractivity contribution is 8.00. The molecule has 1 saturated heterocycles. The minimum atomic E-state index is 0.0463. The molecule has 1 N–H and O–H groups in total. The van der Waals surface area contributed by atoms with Crippen molar-refractivity contribution in [2.24, 2.45) is 0 Å². The molecule has 2 nitrogen and oxygen atoms in total. The Balaban J connectivity index is 2.22. The van der Waals surface area contributed by atoms with Gasteiger partial charge in [-0.1, -0.05) is 0 Å². The molecular weight excluding hydrogens is 123 g/mol. The summed E-state index contributed by atoms with van der Waals surface area (Å²) in [6.07, 6.45) is 0. The molecule has 1 aliphatic heterocycles. The Morgan fingerprint density at radius 3 is 2.88 bits per heavy atom. The van der Waals surface area contributed by atoms with E-state index < -0.39 is 0 Å². The lowest BCUT2D eigenvalue weighted by molar-refractivity contribution is 0.0725. The first-order valence-electron chi connectivity index (χ1n) is 2.71. The van der Waals surface area contributed by atoms with Gasteiger partial charge < -0.3 is 9.84 Å². The first-order chi connectivity index (χ1) is 3.83. The number of hydrogen-bond acceptors (Lipinski definition) is 3. The van der Waals surface area contributed by atoms with E-state index in [2.05, 4.69) is 0 Å². The van der Waals surface area contributed by atoms with E-state index in [0.717, 1.165) is 5.75 Å². The predicted molar refractivity (Wildman–Crippen MR) is 36.7 cm³/mol. The third-order valence-electron chi connectivity index (χ3n) is 1.05. The summed E-state index contributed by atoms with van der Waals surface area (Å²) in [5.74, 6) is 1.02. The second-order valence-electron chi connectivity index (χ2n) is 1.89. The van der Waals surface area contributed by atoms with Gasteiger partial charge in [0.15, 0.2) is 0 Å². The second kappa shape index (κ2) is 2.76. The Bertz CT molecular complexity index is 80.4. The van der Waals surface area contributed by atoms with E-state index in [4.69, 9.17) is 9.84 Å². The van der Waals surface area contributed by atoms with Gasteiger partial charge in [0.1, 0.15) is 13.3 Å². The third-order valence-corrected chi connectivity index (χ3v) is 2.34. The fourth-order valence-corrected chi connectivity index (χ4v) is 1.61. The minimum absolute atomic E-state index is 0.0463. The van der Waals surface area contributed by atoms with Crippen LogP contribution in [0.5, 0.6) is 0 Å². The summed E-state index contributed by atoms with van der Waals surface area (Å²) in [4.78, 5) is 0. The number of aliphatic hydroxyl groups is 1. The topological polar surface area (TPSA) is 29.5 Å². The zero-order valence-electron chi connectivity index (χ0n) is 4.83. The van der Waals surface area contributed by atoms with E-state index >= 15 is 0 Å². The van der Waals surface area contributed by atoms with E-state index in [9.17, 15) is 0 Å². The van der Waals surface area contributed by atoms with Crippen LogP contribution in [0.4, 0.5) is 0 Å². The molecule has 0 aliphatic carbocycles. The molecule has 8 heavy (non-hydrogen) atoms. The van der Waals surface area contributed by atoms with Gasteiger partial charge in [-0.25, -0.2) is 0 Å². The monoisotopic (exact) mass is 132 g/mol. The maximum atomic E-state index is 8.54. The summed E-state index contributed by atoms with van der Waals surface area (Å²) in [6, 6.07) is 0.331. The van der Waals surface area contributed by atoms with Crippen molar-refractivity contribution in [3.05, 3.63) is 0 Å². The van der Waals surface area contributed by atoms with Crippen molar-refractivity contribution in [2.45, 2.75) is 11.4 Å². The molecule has 0 bridgehead atoms. The van der Waals surface area contributed by atoms with Crippen LogP contribution in [-0.2, 0) is 4.74 Å². The summed E-state index contributed by atoms with van der Waals surface area (Å²) in [5, 5.41) is 8.54. The van der Waals surface area contributed by atoms with Crippen LogP contribution in [0.3, 0.4) is 0 Å². The van der Waals surface area contributed by atoms with Gasteiger partial charge in [0, 0.05) is 11.8 Å². The zero-order valence-corrected chi connectivity index (χ0v) is 5.65. The number of ether oxygens (including phenoxy) is 1. The molecule has 0 aromatic heterocycles. The Morgan fingerprint density at radius 2 is 2.62 bits per heavy atom. The van der Waals surface area contributed by atoms with Crippen LogP contribution in [0.1, 0.15) is 0 Å². The highest BCUT2D eigenvalue weighted by Gasteiger charge is 2.20. The van der Waals surface area contributed by atoms with E-state index in [-0.39, 0.29) is 12.0 Å². The van der Waals surface area contributed by atoms with Crippen molar-refractivity contribution in [3.63, 3.8) is 0 Å². The maximum absolute atomic E-state index is 8.54. The van der Waals surface area contributed by atoms with Crippen LogP contribution < -0.4 is 0 Å². The highest BCUT2D eigenvalue weighted by atomic mass is 32.2. The Kier molecular flexibility index (Phi) is 2.22. The molecule has 1 rings (SSSR count). The molecule has 0 saturated carbocycles. The lowest BCUT2D eigenvalue weighted by Crippen LogP contribution is -2.13. The number of aliphatic hydroxyl groups excluding tert-OH is 1. The molecule has 4 heteroatoms. The van der Waals surface area contributed by atoms with Crippen LogP contribution in [0.2, 0.25) is 0 Å². The molecule has 46 valence electrons. The number of rotatable bonds is 1. The van der Waals surface area contributed by atoms with Gasteiger partial charge in [0.05, 0.1) is 6.61 Å². The smallest absolute Gasteiger partial charge is 0.140 e. The summed E-state index contributed by atoms with van der Waals surface area (Å²) < 4.78 is 5.22. The molecule has 0 radical (unpaired) electrons. The zero-order chi connectivity index (χ0) is 5.98. The van der Waals surface area contributed by atoms with Crippen molar-refractivity contribution in [2.75, 3.05) is 12.4 Å². The Hall–Kier alpha value is 0.335. The molecule has 0 aromatic carbocycles. The summed E-state index contributed by atoms with van der Waals surface area (Å²) in [6.45, 7) is 0.148. The van der Waals surface area contributed by atoms with Crippen LogP contribution in [0.25, 0.3) is 0 Å². The van der Waals surface area contributed by atoms with Gasteiger partial charge in [-0.05, 0) is 0 Å². The van der Waals surface area contributed by atoms with Crippen LogP contribution in [0.15, 0.2) is 0 Å². The summed E-state index contributed by atoms with van der Waals surface area (Å²) in [7, 11) is 2.02. The fourth-order valence-electron chi connectivity index (χ4n) is 0.676.